The van der Waals surface area contributed by atoms with Crippen LogP contribution in [-0.2, 0) is 4.74 Å². The third-order valence-electron chi connectivity index (χ3n) is 2.89. The lowest BCUT2D eigenvalue weighted by Gasteiger charge is -2.14. The zero-order valence-electron chi connectivity index (χ0n) is 10.2. The second-order valence-electron chi connectivity index (χ2n) is 4.34. The molecular weight excluding hydrogens is 264 g/mol. The van der Waals surface area contributed by atoms with E-state index in [4.69, 9.17) is 4.74 Å². The Bertz CT molecular complexity index is 273. The molecule has 0 heterocycles. The maximum absolute atomic E-state index is 5.09. The van der Waals surface area contributed by atoms with E-state index in [2.05, 4.69) is 53.2 Å². The van der Waals surface area contributed by atoms with Gasteiger partial charge in [0.05, 0.1) is 0 Å². The number of rotatable bonds is 7. The molecule has 0 spiro atoms. The molecule has 0 saturated heterocycles. The van der Waals surface area contributed by atoms with Crippen molar-refractivity contribution >= 4 is 15.9 Å². The predicted molar refractivity (Wildman–Crippen MR) is 73.0 cm³/mol. The third-order valence-corrected chi connectivity index (χ3v) is 3.88. The summed E-state index contributed by atoms with van der Waals surface area (Å²) in [5.74, 6) is 0.740. The molecule has 0 amide bonds. The summed E-state index contributed by atoms with van der Waals surface area (Å²) < 4.78 is 5.09. The number of hydrogen-bond acceptors (Lipinski definition) is 1. The highest BCUT2D eigenvalue weighted by Crippen LogP contribution is 2.29. The Morgan fingerprint density at radius 1 is 1.12 bits per heavy atom. The quantitative estimate of drug-likeness (QED) is 0.666. The Morgan fingerprint density at radius 2 is 1.81 bits per heavy atom. The first-order valence-electron chi connectivity index (χ1n) is 5.92. The molecule has 0 radical (unpaired) electrons. The molecule has 0 bridgehead atoms. The molecule has 16 heavy (non-hydrogen) atoms. The van der Waals surface area contributed by atoms with Crippen LogP contribution in [-0.4, -0.2) is 13.7 Å². The fourth-order valence-corrected chi connectivity index (χ4v) is 2.29. The zero-order chi connectivity index (χ0) is 11.8. The summed E-state index contributed by atoms with van der Waals surface area (Å²) in [7, 11) is 1.77. The average Bonchev–Trinajstić information content (AvgIpc) is 2.34. The molecule has 2 heteroatoms. The van der Waals surface area contributed by atoms with Gasteiger partial charge in [0.1, 0.15) is 0 Å². The maximum Gasteiger partial charge on any atom is 0.0464 e. The molecule has 90 valence electrons. The van der Waals surface area contributed by atoms with Gasteiger partial charge in [-0.2, -0.15) is 0 Å². The van der Waals surface area contributed by atoms with Crippen LogP contribution in [0.15, 0.2) is 30.3 Å². The smallest absolute Gasteiger partial charge is 0.0464 e. The second kappa shape index (κ2) is 7.86. The lowest BCUT2D eigenvalue weighted by Crippen LogP contribution is -2.01. The minimum Gasteiger partial charge on any atom is -0.385 e. The van der Waals surface area contributed by atoms with Crippen molar-refractivity contribution in [2.75, 3.05) is 13.7 Å². The van der Waals surface area contributed by atoms with Gasteiger partial charge in [0.15, 0.2) is 0 Å². The highest BCUT2D eigenvalue weighted by molar-refractivity contribution is 9.09. The van der Waals surface area contributed by atoms with Crippen LogP contribution >= 0.6 is 15.9 Å². The van der Waals surface area contributed by atoms with Crippen LogP contribution in [0.1, 0.15) is 36.6 Å². The van der Waals surface area contributed by atoms with Gasteiger partial charge in [-0.3, -0.25) is 0 Å². The molecule has 0 aliphatic heterocycles. The van der Waals surface area contributed by atoms with E-state index in [9.17, 15) is 0 Å². The van der Waals surface area contributed by atoms with E-state index in [0.29, 0.717) is 4.83 Å². The van der Waals surface area contributed by atoms with Gasteiger partial charge in [-0.05, 0) is 30.7 Å². The number of ether oxygens (including phenoxy) is 1. The summed E-state index contributed by atoms with van der Waals surface area (Å²) in [5, 5.41) is 0. The van der Waals surface area contributed by atoms with E-state index in [1.165, 1.54) is 18.4 Å². The minimum absolute atomic E-state index is 0.485. The summed E-state index contributed by atoms with van der Waals surface area (Å²) in [6, 6.07) is 10.6. The van der Waals surface area contributed by atoms with E-state index in [-0.39, 0.29) is 0 Å². The summed E-state index contributed by atoms with van der Waals surface area (Å²) >= 11 is 3.75. The van der Waals surface area contributed by atoms with E-state index in [1.54, 1.807) is 7.11 Å². The lowest BCUT2D eigenvalue weighted by molar-refractivity contribution is 0.178. The molecule has 0 aliphatic carbocycles. The van der Waals surface area contributed by atoms with Gasteiger partial charge in [-0.25, -0.2) is 0 Å². The van der Waals surface area contributed by atoms with Crippen LogP contribution in [0.25, 0.3) is 0 Å². The molecule has 1 aromatic rings. The van der Waals surface area contributed by atoms with Gasteiger partial charge < -0.3 is 4.74 Å². The van der Waals surface area contributed by atoms with Gasteiger partial charge in [0.2, 0.25) is 0 Å². The normalized spacial score (nSPS) is 14.7. The van der Waals surface area contributed by atoms with Crippen molar-refractivity contribution in [2.24, 2.45) is 5.92 Å². The van der Waals surface area contributed by atoms with E-state index in [1.807, 2.05) is 0 Å². The highest BCUT2D eigenvalue weighted by Gasteiger charge is 2.09. The first-order valence-corrected chi connectivity index (χ1v) is 6.83. The predicted octanol–water partition coefficient (Wildman–Crippen LogP) is 4.58. The average molecular weight is 285 g/mol. The number of alkyl halides is 1. The molecule has 1 aromatic carbocycles. The summed E-state index contributed by atoms with van der Waals surface area (Å²) in [6.45, 7) is 3.17. The first kappa shape index (κ1) is 13.7. The zero-order valence-corrected chi connectivity index (χ0v) is 11.7. The minimum atomic E-state index is 0.485. The Balaban J connectivity index is 2.27. The first-order chi connectivity index (χ1) is 7.74. The molecular formula is C14H21BrO. The van der Waals surface area contributed by atoms with Crippen molar-refractivity contribution in [3.05, 3.63) is 35.9 Å². The number of hydrogen-bond donors (Lipinski definition) is 0. The molecule has 1 rings (SSSR count). The highest BCUT2D eigenvalue weighted by atomic mass is 79.9. The van der Waals surface area contributed by atoms with Crippen LogP contribution in [0.4, 0.5) is 0 Å². The lowest BCUT2D eigenvalue weighted by atomic mass is 9.99. The van der Waals surface area contributed by atoms with Crippen molar-refractivity contribution in [1.29, 1.82) is 0 Å². The molecule has 0 aromatic heterocycles. The van der Waals surface area contributed by atoms with Crippen LogP contribution in [0.2, 0.25) is 0 Å². The van der Waals surface area contributed by atoms with Crippen LogP contribution < -0.4 is 0 Å². The monoisotopic (exact) mass is 284 g/mol. The Hall–Kier alpha value is -0.340. The molecule has 1 nitrogen and oxygen atoms in total. The van der Waals surface area contributed by atoms with Crippen molar-refractivity contribution in [2.45, 2.75) is 31.0 Å². The number of methoxy groups -OCH3 is 1. The number of halogens is 1. The molecule has 2 atom stereocenters. The molecule has 0 saturated carbocycles. The summed E-state index contributed by atoms with van der Waals surface area (Å²) in [4.78, 5) is 0.485. The Morgan fingerprint density at radius 3 is 2.44 bits per heavy atom. The maximum atomic E-state index is 5.09. The molecule has 0 fully saturated rings. The van der Waals surface area contributed by atoms with Crippen molar-refractivity contribution in [1.82, 2.24) is 0 Å². The van der Waals surface area contributed by atoms with E-state index < -0.39 is 0 Å². The molecule has 0 N–H and O–H groups in total. The van der Waals surface area contributed by atoms with Crippen molar-refractivity contribution < 1.29 is 4.74 Å². The topological polar surface area (TPSA) is 9.23 Å². The largest absolute Gasteiger partial charge is 0.385 e. The second-order valence-corrected chi connectivity index (χ2v) is 5.45. The summed E-state index contributed by atoms with van der Waals surface area (Å²) in [5.41, 5.74) is 1.38. The van der Waals surface area contributed by atoms with Crippen LogP contribution in [0.5, 0.6) is 0 Å². The SMILES string of the molecule is COCCC(C)CCC(Br)c1ccccc1. The molecule has 2 unspecified atom stereocenters. The standard InChI is InChI=1S/C14H21BrO/c1-12(10-11-16-2)8-9-14(15)13-6-4-3-5-7-13/h3-7,12,14H,8-11H2,1-2H3. The van der Waals surface area contributed by atoms with Crippen LogP contribution in [0, 0.1) is 5.92 Å². The van der Waals surface area contributed by atoms with Crippen molar-refractivity contribution in [3.8, 4) is 0 Å². The third kappa shape index (κ3) is 5.13. The fourth-order valence-electron chi connectivity index (χ4n) is 1.72. The summed E-state index contributed by atoms with van der Waals surface area (Å²) in [6.07, 6.45) is 3.59. The van der Waals surface area contributed by atoms with E-state index >= 15 is 0 Å². The van der Waals surface area contributed by atoms with Gasteiger partial charge in [-0.15, -0.1) is 0 Å². The Kier molecular flexibility index (Phi) is 6.74. The Labute approximate surface area is 107 Å². The van der Waals surface area contributed by atoms with Gasteiger partial charge in [0, 0.05) is 18.5 Å². The van der Waals surface area contributed by atoms with Crippen LogP contribution in [0.3, 0.4) is 0 Å². The molecule has 0 aliphatic rings. The van der Waals surface area contributed by atoms with Gasteiger partial charge >= 0.3 is 0 Å². The van der Waals surface area contributed by atoms with Crippen molar-refractivity contribution in [3.63, 3.8) is 0 Å². The van der Waals surface area contributed by atoms with E-state index in [0.717, 1.165) is 18.9 Å². The number of benzene rings is 1. The van der Waals surface area contributed by atoms with Gasteiger partial charge in [-0.1, -0.05) is 53.2 Å². The van der Waals surface area contributed by atoms with Gasteiger partial charge in [0.25, 0.3) is 0 Å². The fraction of sp³-hybridized carbons (Fsp3) is 0.571.